The summed E-state index contributed by atoms with van der Waals surface area (Å²) >= 11 is 0. The molecule has 2 heteroatoms. The molecule has 2 fully saturated rings. The van der Waals surface area contributed by atoms with Crippen molar-refractivity contribution in [2.75, 3.05) is 7.11 Å². The third-order valence-electron chi connectivity index (χ3n) is 6.64. The molecule has 0 aromatic heterocycles. The van der Waals surface area contributed by atoms with Gasteiger partial charge in [-0.25, -0.2) is 0 Å². The number of hydrogen-bond donors (Lipinski definition) is 0. The number of rotatable bonds is 1. The van der Waals surface area contributed by atoms with Gasteiger partial charge in [-0.15, -0.1) is 0 Å². The first-order valence-electron chi connectivity index (χ1n) is 8.33. The van der Waals surface area contributed by atoms with E-state index in [4.69, 9.17) is 4.74 Å². The average Bonchev–Trinajstić information content (AvgIpc) is 2.82. The van der Waals surface area contributed by atoms with Gasteiger partial charge < -0.3 is 4.74 Å². The van der Waals surface area contributed by atoms with Crippen molar-refractivity contribution in [1.82, 2.24) is 0 Å². The van der Waals surface area contributed by atoms with E-state index in [1.807, 2.05) is 0 Å². The third-order valence-corrected chi connectivity index (χ3v) is 6.64. The molecule has 0 saturated heterocycles. The molecule has 2 saturated carbocycles. The van der Waals surface area contributed by atoms with E-state index in [0.717, 1.165) is 37.4 Å². The molecule has 0 amide bonds. The summed E-state index contributed by atoms with van der Waals surface area (Å²) in [5, 5.41) is 0. The molecule has 4 atom stereocenters. The van der Waals surface area contributed by atoms with Gasteiger partial charge in [0.15, 0.2) is 0 Å². The molecule has 112 valence electrons. The molecule has 0 radical (unpaired) electrons. The third kappa shape index (κ3) is 1.81. The number of benzene rings is 1. The Morgan fingerprint density at radius 2 is 2.05 bits per heavy atom. The number of aryl methyl sites for hydroxylation is 1. The highest BCUT2D eigenvalue weighted by Crippen LogP contribution is 2.59. The highest BCUT2D eigenvalue weighted by molar-refractivity contribution is 5.87. The lowest BCUT2D eigenvalue weighted by Gasteiger charge is -2.48. The van der Waals surface area contributed by atoms with Crippen LogP contribution in [0.25, 0.3) is 0 Å². The molecule has 0 aliphatic heterocycles. The molecule has 0 bridgehead atoms. The van der Waals surface area contributed by atoms with Crippen LogP contribution in [0.3, 0.4) is 0 Å². The first-order chi connectivity index (χ1) is 10.1. The van der Waals surface area contributed by atoms with Gasteiger partial charge in [-0.2, -0.15) is 0 Å². The first-order valence-corrected chi connectivity index (χ1v) is 8.33. The van der Waals surface area contributed by atoms with Crippen molar-refractivity contribution >= 4 is 5.78 Å². The Labute approximate surface area is 126 Å². The Morgan fingerprint density at radius 1 is 1.19 bits per heavy atom. The van der Waals surface area contributed by atoms with E-state index in [1.54, 1.807) is 7.11 Å². The van der Waals surface area contributed by atoms with Crippen LogP contribution in [0.4, 0.5) is 0 Å². The number of methoxy groups -OCH3 is 1. The molecule has 0 heterocycles. The lowest BCUT2D eigenvalue weighted by molar-refractivity contribution is -0.129. The van der Waals surface area contributed by atoms with E-state index < -0.39 is 0 Å². The van der Waals surface area contributed by atoms with E-state index in [1.165, 1.54) is 24.0 Å². The molecular formula is C19H24O2. The van der Waals surface area contributed by atoms with E-state index in [0.29, 0.717) is 17.6 Å². The van der Waals surface area contributed by atoms with Crippen molar-refractivity contribution in [3.8, 4) is 5.75 Å². The molecule has 0 spiro atoms. The Kier molecular flexibility index (Phi) is 2.92. The van der Waals surface area contributed by atoms with Crippen LogP contribution in [0, 0.1) is 17.3 Å². The van der Waals surface area contributed by atoms with Crippen LogP contribution >= 0.6 is 0 Å². The van der Waals surface area contributed by atoms with Crippen molar-refractivity contribution < 1.29 is 9.53 Å². The number of fused-ring (bicyclic) bond motifs is 5. The van der Waals surface area contributed by atoms with Crippen LogP contribution in [-0.4, -0.2) is 12.9 Å². The minimum absolute atomic E-state index is 0.00879. The van der Waals surface area contributed by atoms with Gasteiger partial charge in [-0.3, -0.25) is 4.79 Å². The van der Waals surface area contributed by atoms with Crippen LogP contribution in [0.5, 0.6) is 5.75 Å². The fraction of sp³-hybridized carbons (Fsp3) is 0.632. The van der Waals surface area contributed by atoms with Gasteiger partial charge in [0.2, 0.25) is 0 Å². The maximum Gasteiger partial charge on any atom is 0.139 e. The summed E-state index contributed by atoms with van der Waals surface area (Å²) in [5.74, 6) is 3.52. The number of carbonyl (C=O) groups excluding carboxylic acids is 1. The van der Waals surface area contributed by atoms with Crippen molar-refractivity contribution in [3.63, 3.8) is 0 Å². The summed E-state index contributed by atoms with van der Waals surface area (Å²) in [4.78, 5) is 12.3. The molecule has 3 aliphatic carbocycles. The van der Waals surface area contributed by atoms with Gasteiger partial charge in [-0.1, -0.05) is 13.0 Å². The maximum atomic E-state index is 12.3. The summed E-state index contributed by atoms with van der Waals surface area (Å²) in [6.45, 7) is 2.24. The Bertz CT molecular complexity index is 591. The molecule has 21 heavy (non-hydrogen) atoms. The summed E-state index contributed by atoms with van der Waals surface area (Å²) in [6, 6.07) is 6.61. The van der Waals surface area contributed by atoms with Crippen LogP contribution in [0.15, 0.2) is 18.2 Å². The predicted molar refractivity (Wildman–Crippen MR) is 82.6 cm³/mol. The van der Waals surface area contributed by atoms with Gasteiger partial charge in [0.25, 0.3) is 0 Å². The Balaban J connectivity index is 1.70. The molecular weight excluding hydrogens is 266 g/mol. The lowest BCUT2D eigenvalue weighted by Crippen LogP contribution is -2.42. The van der Waals surface area contributed by atoms with Crippen LogP contribution in [0.2, 0.25) is 0 Å². The van der Waals surface area contributed by atoms with E-state index in [2.05, 4.69) is 25.1 Å². The normalized spacial score (nSPS) is 37.6. The number of ether oxygens (including phenoxy) is 1. The lowest BCUT2D eigenvalue weighted by atomic mass is 9.73. The molecule has 4 rings (SSSR count). The minimum Gasteiger partial charge on any atom is -0.497 e. The van der Waals surface area contributed by atoms with Gasteiger partial charge >= 0.3 is 0 Å². The van der Waals surface area contributed by atoms with Gasteiger partial charge in [0, 0.05) is 11.8 Å². The standard InChI is InChI=1S/C19H24O2/c1-19-10-9-15-14-6-4-13(21-2)11-12(14)3-5-16(15)17(19)7-8-18(19)20/h4,6,11,15-17H,3,5,7-10H2,1-2H3/t15-,16-,17+,19+/m1/s1/i1+1,7+1,8+1,17+1,18+1,19+1. The van der Waals surface area contributed by atoms with Crippen molar-refractivity contribution in [1.29, 1.82) is 0 Å². The quantitative estimate of drug-likeness (QED) is 0.727. The van der Waals surface area contributed by atoms with Crippen LogP contribution in [0.1, 0.15) is 56.1 Å². The predicted octanol–water partition coefficient (Wildman–Crippen LogP) is 4.12. The second-order valence-corrected chi connectivity index (χ2v) is 7.40. The first kappa shape index (κ1) is 13.4. The zero-order chi connectivity index (χ0) is 14.6. The van der Waals surface area contributed by atoms with Gasteiger partial charge in [0.1, 0.15) is 11.5 Å². The fourth-order valence-corrected chi connectivity index (χ4v) is 5.46. The van der Waals surface area contributed by atoms with Gasteiger partial charge in [0.05, 0.1) is 7.11 Å². The summed E-state index contributed by atoms with van der Waals surface area (Å²) < 4.78 is 5.37. The topological polar surface area (TPSA) is 26.3 Å². The summed E-state index contributed by atoms with van der Waals surface area (Å²) in [7, 11) is 1.74. The van der Waals surface area contributed by atoms with Crippen LogP contribution in [-0.2, 0) is 11.2 Å². The smallest absolute Gasteiger partial charge is 0.139 e. The molecule has 0 N–H and O–H groups in total. The Morgan fingerprint density at radius 3 is 2.86 bits per heavy atom. The van der Waals surface area contributed by atoms with Crippen molar-refractivity contribution in [2.45, 2.75) is 51.4 Å². The fourth-order valence-electron chi connectivity index (χ4n) is 5.46. The van der Waals surface area contributed by atoms with E-state index in [9.17, 15) is 4.79 Å². The largest absolute Gasteiger partial charge is 0.497 e. The minimum atomic E-state index is -0.00879. The van der Waals surface area contributed by atoms with Crippen LogP contribution < -0.4 is 4.74 Å². The van der Waals surface area contributed by atoms with Crippen molar-refractivity contribution in [3.05, 3.63) is 29.3 Å². The highest BCUT2D eigenvalue weighted by Gasteiger charge is 2.54. The zero-order valence-corrected chi connectivity index (χ0v) is 13.0. The molecule has 2 nitrogen and oxygen atoms in total. The number of ketones is 1. The van der Waals surface area contributed by atoms with E-state index in [-0.39, 0.29) is 5.41 Å². The molecule has 1 aromatic carbocycles. The monoisotopic (exact) mass is 290 g/mol. The summed E-state index contributed by atoms with van der Waals surface area (Å²) in [5.41, 5.74) is 3.00. The van der Waals surface area contributed by atoms with Gasteiger partial charge in [-0.05, 0) is 73.1 Å². The number of Topliss-reactive ketones (excluding diaryl/α,β-unsaturated/α-hetero) is 1. The highest BCUT2D eigenvalue weighted by atomic mass is 16.5. The molecule has 0 unspecified atom stereocenters. The molecule has 1 aromatic rings. The Hall–Kier alpha value is -1.31. The van der Waals surface area contributed by atoms with Crippen molar-refractivity contribution in [2.24, 2.45) is 17.3 Å². The number of carbonyl (C=O) groups is 1. The van der Waals surface area contributed by atoms with E-state index >= 15 is 0 Å². The zero-order valence-electron chi connectivity index (χ0n) is 13.0. The second kappa shape index (κ2) is 4.59. The SMILES string of the molecule is COc1ccc2c(c1)CC[C@@H]1[C@@H]2CC[13C@]2([13CH3])[13C](=O)[13CH2][13CH2][13C@@H]12. The number of hydrogen-bond acceptors (Lipinski definition) is 2. The maximum absolute atomic E-state index is 12.3. The summed E-state index contributed by atoms with van der Waals surface area (Å²) in [6.07, 6.45) is 6.61. The average molecular weight is 290 g/mol. The second-order valence-electron chi connectivity index (χ2n) is 7.40. The molecule has 3 aliphatic rings.